The van der Waals surface area contributed by atoms with Crippen molar-refractivity contribution in [3.63, 3.8) is 0 Å². The summed E-state index contributed by atoms with van der Waals surface area (Å²) in [4.78, 5) is 7.16. The highest BCUT2D eigenvalue weighted by molar-refractivity contribution is 5.55. The van der Waals surface area contributed by atoms with E-state index in [0.717, 1.165) is 19.6 Å². The van der Waals surface area contributed by atoms with Gasteiger partial charge in [0.15, 0.2) is 0 Å². The van der Waals surface area contributed by atoms with E-state index in [9.17, 15) is 0 Å². The minimum atomic E-state index is 0.603. The predicted octanol–water partition coefficient (Wildman–Crippen LogP) is 1.93. The number of hydrogen-bond acceptors (Lipinski definition) is 3. The van der Waals surface area contributed by atoms with Gasteiger partial charge >= 0.3 is 0 Å². The molecule has 1 atom stereocenters. The standard InChI is InChI=1S/C14H21N3/c1-10(2)12-5-6-16-14-13(12)4-3-11-9-15-7-8-17(11)14/h5-6,10-11,15H,3-4,7-9H2,1-2H3. The van der Waals surface area contributed by atoms with Crippen molar-refractivity contribution < 1.29 is 0 Å². The Morgan fingerprint density at radius 3 is 3.18 bits per heavy atom. The van der Waals surface area contributed by atoms with Gasteiger partial charge in [-0.05, 0) is 36.0 Å². The molecule has 1 N–H and O–H groups in total. The average Bonchev–Trinajstić information content (AvgIpc) is 2.37. The summed E-state index contributed by atoms with van der Waals surface area (Å²) in [6.07, 6.45) is 4.45. The van der Waals surface area contributed by atoms with Crippen LogP contribution in [0.4, 0.5) is 5.82 Å². The highest BCUT2D eigenvalue weighted by Crippen LogP contribution is 2.34. The van der Waals surface area contributed by atoms with Crippen LogP contribution in [0.1, 0.15) is 37.3 Å². The summed E-state index contributed by atoms with van der Waals surface area (Å²) in [6, 6.07) is 2.86. The Balaban J connectivity index is 2.02. The summed E-state index contributed by atoms with van der Waals surface area (Å²) in [7, 11) is 0. The normalized spacial score (nSPS) is 23.5. The molecule has 17 heavy (non-hydrogen) atoms. The lowest BCUT2D eigenvalue weighted by molar-refractivity contribution is 0.434. The number of nitrogens with one attached hydrogen (secondary N) is 1. The predicted molar refractivity (Wildman–Crippen MR) is 70.7 cm³/mol. The topological polar surface area (TPSA) is 28.2 Å². The van der Waals surface area contributed by atoms with Crippen molar-refractivity contribution in [1.29, 1.82) is 0 Å². The minimum Gasteiger partial charge on any atom is -0.351 e. The summed E-state index contributed by atoms with van der Waals surface area (Å²) in [5, 5.41) is 3.48. The smallest absolute Gasteiger partial charge is 0.132 e. The molecule has 1 saturated heterocycles. The third kappa shape index (κ3) is 1.82. The molecule has 3 rings (SSSR count). The van der Waals surface area contributed by atoms with Gasteiger partial charge in [0.1, 0.15) is 5.82 Å². The van der Waals surface area contributed by atoms with Crippen LogP contribution >= 0.6 is 0 Å². The Morgan fingerprint density at radius 2 is 2.35 bits per heavy atom. The summed E-state index contributed by atoms with van der Waals surface area (Å²) in [5.74, 6) is 1.86. The fourth-order valence-corrected chi connectivity index (χ4v) is 3.15. The van der Waals surface area contributed by atoms with Crippen LogP contribution in [-0.4, -0.2) is 30.7 Å². The third-order valence-corrected chi connectivity index (χ3v) is 4.04. The lowest BCUT2D eigenvalue weighted by atomic mass is 9.90. The van der Waals surface area contributed by atoms with Gasteiger partial charge in [-0.3, -0.25) is 0 Å². The Bertz CT molecular complexity index is 414. The summed E-state index contributed by atoms with van der Waals surface area (Å²) in [5.41, 5.74) is 2.99. The Labute approximate surface area is 103 Å². The highest BCUT2D eigenvalue weighted by Gasteiger charge is 2.30. The SMILES string of the molecule is CC(C)c1ccnc2c1CCC1CNCCN21. The fraction of sp³-hybridized carbons (Fsp3) is 0.643. The summed E-state index contributed by atoms with van der Waals surface area (Å²) in [6.45, 7) is 7.86. The van der Waals surface area contributed by atoms with Crippen molar-refractivity contribution in [2.75, 3.05) is 24.5 Å². The van der Waals surface area contributed by atoms with Crippen molar-refractivity contribution >= 4 is 5.82 Å². The van der Waals surface area contributed by atoms with Crippen molar-refractivity contribution in [2.24, 2.45) is 0 Å². The molecule has 1 unspecified atom stereocenters. The monoisotopic (exact) mass is 231 g/mol. The first-order valence-corrected chi connectivity index (χ1v) is 6.72. The maximum atomic E-state index is 4.64. The summed E-state index contributed by atoms with van der Waals surface area (Å²) < 4.78 is 0. The molecule has 0 spiro atoms. The van der Waals surface area contributed by atoms with E-state index in [1.807, 2.05) is 6.20 Å². The molecular formula is C14H21N3. The van der Waals surface area contributed by atoms with Gasteiger partial charge < -0.3 is 10.2 Å². The molecule has 0 amide bonds. The molecule has 1 aromatic rings. The first-order chi connectivity index (χ1) is 8.27. The van der Waals surface area contributed by atoms with Crippen LogP contribution in [0, 0.1) is 0 Å². The largest absolute Gasteiger partial charge is 0.351 e. The molecule has 0 aliphatic carbocycles. The van der Waals surface area contributed by atoms with Crippen molar-refractivity contribution in [3.05, 3.63) is 23.4 Å². The maximum Gasteiger partial charge on any atom is 0.132 e. The summed E-state index contributed by atoms with van der Waals surface area (Å²) >= 11 is 0. The van der Waals surface area contributed by atoms with E-state index in [1.165, 1.54) is 29.8 Å². The van der Waals surface area contributed by atoms with Gasteiger partial charge in [-0.25, -0.2) is 4.98 Å². The van der Waals surface area contributed by atoms with Crippen LogP contribution in [0.2, 0.25) is 0 Å². The zero-order valence-electron chi connectivity index (χ0n) is 10.7. The van der Waals surface area contributed by atoms with E-state index in [0.29, 0.717) is 12.0 Å². The van der Waals surface area contributed by atoms with Crippen molar-refractivity contribution in [1.82, 2.24) is 10.3 Å². The zero-order valence-corrected chi connectivity index (χ0v) is 10.7. The molecule has 2 aliphatic rings. The van der Waals surface area contributed by atoms with Crippen LogP contribution in [0.5, 0.6) is 0 Å². The Hall–Kier alpha value is -1.09. The minimum absolute atomic E-state index is 0.603. The number of anilines is 1. The molecule has 0 radical (unpaired) electrons. The van der Waals surface area contributed by atoms with Gasteiger partial charge in [0.25, 0.3) is 0 Å². The van der Waals surface area contributed by atoms with Gasteiger partial charge in [0, 0.05) is 31.9 Å². The van der Waals surface area contributed by atoms with Crippen molar-refractivity contribution in [3.8, 4) is 0 Å². The number of fused-ring (bicyclic) bond motifs is 3. The second kappa shape index (κ2) is 4.30. The first kappa shape index (κ1) is 11.0. The molecule has 0 aromatic carbocycles. The maximum absolute atomic E-state index is 4.64. The number of nitrogens with zero attached hydrogens (tertiary/aromatic N) is 2. The lowest BCUT2D eigenvalue weighted by Crippen LogP contribution is -2.53. The van der Waals surface area contributed by atoms with Crippen LogP contribution < -0.4 is 10.2 Å². The molecule has 3 heterocycles. The second-order valence-corrected chi connectivity index (χ2v) is 5.45. The number of rotatable bonds is 1. The second-order valence-electron chi connectivity index (χ2n) is 5.45. The third-order valence-electron chi connectivity index (χ3n) is 4.04. The molecule has 92 valence electrons. The number of aromatic nitrogens is 1. The Morgan fingerprint density at radius 1 is 1.47 bits per heavy atom. The van der Waals surface area contributed by atoms with E-state index < -0.39 is 0 Å². The average molecular weight is 231 g/mol. The number of piperazine rings is 1. The lowest BCUT2D eigenvalue weighted by Gasteiger charge is -2.42. The molecule has 2 aliphatic heterocycles. The molecular weight excluding hydrogens is 210 g/mol. The first-order valence-electron chi connectivity index (χ1n) is 6.72. The molecule has 1 aromatic heterocycles. The van der Waals surface area contributed by atoms with Gasteiger partial charge in [-0.1, -0.05) is 13.8 Å². The van der Waals surface area contributed by atoms with Gasteiger partial charge in [0.05, 0.1) is 0 Å². The van der Waals surface area contributed by atoms with E-state index in [1.54, 1.807) is 0 Å². The van der Waals surface area contributed by atoms with E-state index in [-0.39, 0.29) is 0 Å². The van der Waals surface area contributed by atoms with Crippen LogP contribution in [-0.2, 0) is 6.42 Å². The van der Waals surface area contributed by atoms with Crippen LogP contribution in [0.25, 0.3) is 0 Å². The van der Waals surface area contributed by atoms with Crippen molar-refractivity contribution in [2.45, 2.75) is 38.6 Å². The van der Waals surface area contributed by atoms with Crippen LogP contribution in [0.3, 0.4) is 0 Å². The molecule has 0 bridgehead atoms. The van der Waals surface area contributed by atoms with E-state index >= 15 is 0 Å². The van der Waals surface area contributed by atoms with Crippen LogP contribution in [0.15, 0.2) is 12.3 Å². The quantitative estimate of drug-likeness (QED) is 0.800. The van der Waals surface area contributed by atoms with Gasteiger partial charge in [-0.2, -0.15) is 0 Å². The molecule has 0 saturated carbocycles. The van der Waals surface area contributed by atoms with Gasteiger partial charge in [0.2, 0.25) is 0 Å². The highest BCUT2D eigenvalue weighted by atomic mass is 15.3. The Kier molecular flexibility index (Phi) is 2.79. The van der Waals surface area contributed by atoms with Gasteiger partial charge in [-0.15, -0.1) is 0 Å². The van der Waals surface area contributed by atoms with E-state index in [2.05, 4.69) is 35.1 Å². The fourth-order valence-electron chi connectivity index (χ4n) is 3.15. The number of pyridine rings is 1. The number of hydrogen-bond donors (Lipinski definition) is 1. The molecule has 3 heteroatoms. The molecule has 3 nitrogen and oxygen atoms in total. The zero-order chi connectivity index (χ0) is 11.8. The van der Waals surface area contributed by atoms with E-state index in [4.69, 9.17) is 0 Å². The molecule has 1 fully saturated rings.